The van der Waals surface area contributed by atoms with Crippen molar-refractivity contribution in [3.63, 3.8) is 0 Å². The van der Waals surface area contributed by atoms with Gasteiger partial charge in [0.2, 0.25) is 17.7 Å². The van der Waals surface area contributed by atoms with Crippen molar-refractivity contribution in [3.05, 3.63) is 59.7 Å². The van der Waals surface area contributed by atoms with Gasteiger partial charge in [-0.3, -0.25) is 19.3 Å². The Balaban J connectivity index is 1.45. The lowest BCUT2D eigenvalue weighted by molar-refractivity contribution is -0.125. The molecule has 0 radical (unpaired) electrons. The molecule has 0 saturated carbocycles. The molecule has 3 amide bonds. The van der Waals surface area contributed by atoms with Crippen LogP contribution in [0.1, 0.15) is 24.0 Å². The second-order valence-electron chi connectivity index (χ2n) is 7.54. The van der Waals surface area contributed by atoms with Crippen LogP contribution in [0.2, 0.25) is 0 Å². The lowest BCUT2D eigenvalue weighted by Gasteiger charge is -2.34. The fourth-order valence-electron chi connectivity index (χ4n) is 4.08. The van der Waals surface area contributed by atoms with Crippen molar-refractivity contribution in [2.45, 2.75) is 31.8 Å². The predicted octanol–water partition coefficient (Wildman–Crippen LogP) is 1.66. The molecule has 3 N–H and O–H groups in total. The van der Waals surface area contributed by atoms with Gasteiger partial charge in [-0.05, 0) is 42.2 Å². The topological polar surface area (TPSA) is 95.7 Å². The number of carbonyl (C=O) groups excluding carboxylic acids is 3. The summed E-state index contributed by atoms with van der Waals surface area (Å²) in [5.74, 6) is -0.549. The molecule has 0 aliphatic carbocycles. The minimum atomic E-state index is -0.510. The van der Waals surface area contributed by atoms with E-state index in [0.717, 1.165) is 23.2 Å². The average molecular weight is 392 g/mol. The van der Waals surface area contributed by atoms with Crippen molar-refractivity contribution < 1.29 is 14.4 Å². The Labute approximate surface area is 169 Å². The SMILES string of the molecule is NC(=O)C1Cc2ccccc2CN1CC(=O)Nc1cccc(N2CCCC2=O)c1. The summed E-state index contributed by atoms with van der Waals surface area (Å²) in [5.41, 5.74) is 9.20. The van der Waals surface area contributed by atoms with Gasteiger partial charge >= 0.3 is 0 Å². The van der Waals surface area contributed by atoms with Gasteiger partial charge in [-0.2, -0.15) is 0 Å². The molecule has 2 heterocycles. The lowest BCUT2D eigenvalue weighted by atomic mass is 9.93. The minimum absolute atomic E-state index is 0.0643. The Morgan fingerprint density at radius 1 is 1.10 bits per heavy atom. The Kier molecular flexibility index (Phi) is 5.31. The van der Waals surface area contributed by atoms with E-state index in [1.807, 2.05) is 41.3 Å². The van der Waals surface area contributed by atoms with Crippen LogP contribution in [0.5, 0.6) is 0 Å². The highest BCUT2D eigenvalue weighted by atomic mass is 16.2. The average Bonchev–Trinajstić information content (AvgIpc) is 3.13. The second kappa shape index (κ2) is 8.05. The number of anilines is 2. The number of hydrogen-bond donors (Lipinski definition) is 2. The smallest absolute Gasteiger partial charge is 0.238 e. The van der Waals surface area contributed by atoms with Gasteiger partial charge in [0.25, 0.3) is 0 Å². The number of hydrogen-bond acceptors (Lipinski definition) is 4. The van der Waals surface area contributed by atoms with Crippen molar-refractivity contribution in [1.82, 2.24) is 4.90 Å². The third-order valence-corrected chi connectivity index (χ3v) is 5.54. The molecule has 0 spiro atoms. The van der Waals surface area contributed by atoms with Crippen molar-refractivity contribution in [2.24, 2.45) is 5.73 Å². The molecule has 1 fully saturated rings. The Morgan fingerprint density at radius 2 is 1.90 bits per heavy atom. The first-order chi connectivity index (χ1) is 14.0. The third kappa shape index (κ3) is 4.14. The molecule has 1 saturated heterocycles. The van der Waals surface area contributed by atoms with Gasteiger partial charge < -0.3 is 16.0 Å². The van der Waals surface area contributed by atoms with Gasteiger partial charge in [0.05, 0.1) is 12.6 Å². The number of nitrogens with two attached hydrogens (primary N) is 1. The van der Waals surface area contributed by atoms with Gasteiger partial charge in [0, 0.05) is 30.9 Å². The molecule has 7 heteroatoms. The molecular weight excluding hydrogens is 368 g/mol. The van der Waals surface area contributed by atoms with Crippen molar-refractivity contribution >= 4 is 29.1 Å². The van der Waals surface area contributed by atoms with Gasteiger partial charge in [-0.1, -0.05) is 30.3 Å². The van der Waals surface area contributed by atoms with E-state index >= 15 is 0 Å². The van der Waals surface area contributed by atoms with Gasteiger partial charge in [-0.15, -0.1) is 0 Å². The number of rotatable bonds is 5. The number of fused-ring (bicyclic) bond motifs is 1. The molecule has 2 aromatic carbocycles. The summed E-state index contributed by atoms with van der Waals surface area (Å²) >= 11 is 0. The molecule has 1 unspecified atom stereocenters. The highest BCUT2D eigenvalue weighted by Crippen LogP contribution is 2.25. The van der Waals surface area contributed by atoms with Crippen molar-refractivity contribution in [2.75, 3.05) is 23.3 Å². The lowest BCUT2D eigenvalue weighted by Crippen LogP contribution is -2.50. The summed E-state index contributed by atoms with van der Waals surface area (Å²) in [6.45, 7) is 1.26. The van der Waals surface area contributed by atoms with Gasteiger partial charge in [0.15, 0.2) is 0 Å². The van der Waals surface area contributed by atoms with E-state index in [2.05, 4.69) is 5.32 Å². The maximum atomic E-state index is 12.7. The van der Waals surface area contributed by atoms with E-state index in [1.165, 1.54) is 0 Å². The summed E-state index contributed by atoms with van der Waals surface area (Å²) in [6, 6.07) is 14.7. The van der Waals surface area contributed by atoms with Crippen LogP contribution in [0, 0.1) is 0 Å². The summed E-state index contributed by atoms with van der Waals surface area (Å²) in [6.07, 6.45) is 1.91. The van der Waals surface area contributed by atoms with Gasteiger partial charge in [-0.25, -0.2) is 0 Å². The number of nitrogens with one attached hydrogen (secondary N) is 1. The zero-order valence-electron chi connectivity index (χ0n) is 16.1. The largest absolute Gasteiger partial charge is 0.368 e. The van der Waals surface area contributed by atoms with E-state index in [9.17, 15) is 14.4 Å². The number of carbonyl (C=O) groups is 3. The number of benzene rings is 2. The van der Waals surface area contributed by atoms with Crippen LogP contribution in [0.3, 0.4) is 0 Å². The summed E-state index contributed by atoms with van der Waals surface area (Å²) in [5, 5.41) is 2.88. The van der Waals surface area contributed by atoms with E-state index in [1.54, 1.807) is 17.0 Å². The Hall–Kier alpha value is -3.19. The molecule has 0 aromatic heterocycles. The monoisotopic (exact) mass is 392 g/mol. The van der Waals surface area contributed by atoms with Crippen LogP contribution < -0.4 is 16.0 Å². The number of amides is 3. The third-order valence-electron chi connectivity index (χ3n) is 5.54. The zero-order chi connectivity index (χ0) is 20.4. The first-order valence-electron chi connectivity index (χ1n) is 9.81. The fourth-order valence-corrected chi connectivity index (χ4v) is 4.08. The first kappa shape index (κ1) is 19.1. The molecule has 1 atom stereocenters. The van der Waals surface area contributed by atoms with Crippen molar-refractivity contribution in [3.8, 4) is 0 Å². The molecule has 0 bridgehead atoms. The highest BCUT2D eigenvalue weighted by molar-refractivity contribution is 5.97. The summed E-state index contributed by atoms with van der Waals surface area (Å²) in [4.78, 5) is 40.1. The van der Waals surface area contributed by atoms with Crippen LogP contribution in [-0.4, -0.2) is 41.8 Å². The highest BCUT2D eigenvalue weighted by Gasteiger charge is 2.31. The van der Waals surface area contributed by atoms with Crippen molar-refractivity contribution in [1.29, 1.82) is 0 Å². The molecule has 2 aromatic rings. The maximum Gasteiger partial charge on any atom is 0.238 e. The molecule has 4 rings (SSSR count). The second-order valence-corrected chi connectivity index (χ2v) is 7.54. The van der Waals surface area contributed by atoms with Crippen LogP contribution >= 0.6 is 0 Å². The molecule has 29 heavy (non-hydrogen) atoms. The van der Waals surface area contributed by atoms with Crippen LogP contribution in [0.15, 0.2) is 48.5 Å². The summed E-state index contributed by atoms with van der Waals surface area (Å²) < 4.78 is 0. The maximum absolute atomic E-state index is 12.7. The number of nitrogens with zero attached hydrogens (tertiary/aromatic N) is 2. The van der Waals surface area contributed by atoms with Crippen LogP contribution in [0.4, 0.5) is 11.4 Å². The standard InChI is InChI=1S/C22H24N4O3/c23-22(29)19-11-15-5-1-2-6-16(15)13-25(19)14-20(27)24-17-7-3-8-18(12-17)26-10-4-9-21(26)28/h1-3,5-8,12,19H,4,9-11,13-14H2,(H2,23,29)(H,24,27). The van der Waals surface area contributed by atoms with Crippen LogP contribution in [-0.2, 0) is 27.3 Å². The summed E-state index contributed by atoms with van der Waals surface area (Å²) in [7, 11) is 0. The minimum Gasteiger partial charge on any atom is -0.368 e. The Morgan fingerprint density at radius 3 is 2.62 bits per heavy atom. The van der Waals surface area contributed by atoms with Gasteiger partial charge in [0.1, 0.15) is 0 Å². The fraction of sp³-hybridized carbons (Fsp3) is 0.318. The van der Waals surface area contributed by atoms with E-state index in [-0.39, 0.29) is 18.4 Å². The molecule has 2 aliphatic heterocycles. The van der Waals surface area contributed by atoms with E-state index < -0.39 is 11.9 Å². The first-order valence-corrected chi connectivity index (χ1v) is 9.81. The van der Waals surface area contributed by atoms with Crippen LogP contribution in [0.25, 0.3) is 0 Å². The molecule has 2 aliphatic rings. The zero-order valence-corrected chi connectivity index (χ0v) is 16.1. The molecular formula is C22H24N4O3. The quantitative estimate of drug-likeness (QED) is 0.809. The normalized spacial score (nSPS) is 19.1. The Bertz CT molecular complexity index is 959. The predicted molar refractivity (Wildman–Crippen MR) is 110 cm³/mol. The number of primary amides is 1. The van der Waals surface area contributed by atoms with E-state index in [4.69, 9.17) is 5.73 Å². The molecule has 150 valence electrons. The van der Waals surface area contributed by atoms with E-state index in [0.29, 0.717) is 31.6 Å². The molecule has 7 nitrogen and oxygen atoms in total.